The molecule has 0 amide bonds. The zero-order valence-electron chi connectivity index (χ0n) is 6.55. The molecule has 1 heterocycles. The summed E-state index contributed by atoms with van der Waals surface area (Å²) in [6, 6.07) is 0. The van der Waals surface area contributed by atoms with Gasteiger partial charge in [-0.2, -0.15) is 0 Å². The molecular formula is C7H16N2O. The Kier molecular flexibility index (Phi) is 3.12. The van der Waals surface area contributed by atoms with Crippen molar-refractivity contribution in [2.45, 2.75) is 25.9 Å². The maximum Gasteiger partial charge on any atom is 0.0716 e. The number of hydrogen-bond acceptors (Lipinski definition) is 3. The quantitative estimate of drug-likeness (QED) is 0.459. The number of nitrogens with zero attached hydrogens (tertiary/aromatic N) is 1. The minimum Gasteiger partial charge on any atom is -0.377 e. The van der Waals surface area contributed by atoms with E-state index in [0.717, 1.165) is 19.7 Å². The maximum atomic E-state index is 5.61. The molecule has 1 atom stereocenters. The summed E-state index contributed by atoms with van der Waals surface area (Å²) in [6.07, 6.45) is 2.76. The van der Waals surface area contributed by atoms with Crippen molar-refractivity contribution in [1.29, 1.82) is 0 Å². The highest BCUT2D eigenvalue weighted by molar-refractivity contribution is 4.66. The van der Waals surface area contributed by atoms with Crippen LogP contribution < -0.4 is 5.84 Å². The molecule has 0 aromatic rings. The molecule has 1 fully saturated rings. The second-order valence-electron chi connectivity index (χ2n) is 2.72. The molecule has 0 spiro atoms. The number of hydrazine groups is 1. The lowest BCUT2D eigenvalue weighted by atomic mass is 10.2. The Balaban J connectivity index is 2.11. The van der Waals surface area contributed by atoms with Gasteiger partial charge in [0.1, 0.15) is 0 Å². The van der Waals surface area contributed by atoms with Crippen LogP contribution in [0.5, 0.6) is 0 Å². The van der Waals surface area contributed by atoms with Crippen LogP contribution in [0.3, 0.4) is 0 Å². The number of likely N-dealkylation sites (N-methyl/N-ethyl adjacent to an activating group) is 1. The Hall–Kier alpha value is -0.120. The monoisotopic (exact) mass is 144 g/mol. The van der Waals surface area contributed by atoms with Crippen molar-refractivity contribution in [1.82, 2.24) is 5.01 Å². The van der Waals surface area contributed by atoms with Crippen LogP contribution in [0.1, 0.15) is 19.8 Å². The summed E-state index contributed by atoms with van der Waals surface area (Å²) in [6.45, 7) is 4.76. The molecular weight excluding hydrogens is 128 g/mol. The zero-order valence-corrected chi connectivity index (χ0v) is 6.55. The maximum absolute atomic E-state index is 5.61. The molecule has 0 radical (unpaired) electrons. The highest BCUT2D eigenvalue weighted by atomic mass is 16.5. The average molecular weight is 144 g/mol. The predicted octanol–water partition coefficient (Wildman–Crippen LogP) is 0.361. The van der Waals surface area contributed by atoms with E-state index >= 15 is 0 Å². The van der Waals surface area contributed by atoms with Gasteiger partial charge in [0.15, 0.2) is 0 Å². The molecule has 1 saturated heterocycles. The predicted molar refractivity (Wildman–Crippen MR) is 40.4 cm³/mol. The number of rotatable bonds is 3. The van der Waals surface area contributed by atoms with Crippen molar-refractivity contribution >= 4 is 0 Å². The SMILES string of the molecule is CCN(N)CC1CCCO1. The van der Waals surface area contributed by atoms with Crippen molar-refractivity contribution in [2.75, 3.05) is 19.7 Å². The van der Waals surface area contributed by atoms with Crippen LogP contribution in [0.2, 0.25) is 0 Å². The van der Waals surface area contributed by atoms with Gasteiger partial charge in [-0.25, -0.2) is 5.01 Å². The highest BCUT2D eigenvalue weighted by Gasteiger charge is 2.16. The average Bonchev–Trinajstić information content (AvgIpc) is 2.40. The Labute approximate surface area is 62.1 Å². The summed E-state index contributed by atoms with van der Waals surface area (Å²) in [4.78, 5) is 0. The molecule has 2 N–H and O–H groups in total. The molecule has 0 aromatic carbocycles. The van der Waals surface area contributed by atoms with Crippen LogP contribution in [0.4, 0.5) is 0 Å². The first-order chi connectivity index (χ1) is 4.83. The van der Waals surface area contributed by atoms with Gasteiger partial charge in [-0.15, -0.1) is 0 Å². The lowest BCUT2D eigenvalue weighted by molar-refractivity contribution is 0.0750. The van der Waals surface area contributed by atoms with Crippen molar-refractivity contribution in [2.24, 2.45) is 5.84 Å². The molecule has 1 aliphatic rings. The minimum absolute atomic E-state index is 0.393. The summed E-state index contributed by atoms with van der Waals surface area (Å²) in [7, 11) is 0. The van der Waals surface area contributed by atoms with Gasteiger partial charge in [-0.1, -0.05) is 6.92 Å². The fourth-order valence-electron chi connectivity index (χ4n) is 1.18. The third kappa shape index (κ3) is 2.25. The van der Waals surface area contributed by atoms with Gasteiger partial charge < -0.3 is 4.74 Å². The highest BCUT2D eigenvalue weighted by Crippen LogP contribution is 2.11. The van der Waals surface area contributed by atoms with Crippen molar-refractivity contribution in [3.63, 3.8) is 0 Å². The molecule has 1 rings (SSSR count). The van der Waals surface area contributed by atoms with E-state index in [4.69, 9.17) is 10.6 Å². The standard InChI is InChI=1S/C7H16N2O/c1-2-9(8)6-7-4-3-5-10-7/h7H,2-6,8H2,1H3. The van der Waals surface area contributed by atoms with E-state index in [1.807, 2.05) is 0 Å². The summed E-state index contributed by atoms with van der Waals surface area (Å²) in [5.74, 6) is 5.61. The van der Waals surface area contributed by atoms with Crippen LogP contribution in [0, 0.1) is 0 Å². The first kappa shape index (κ1) is 7.98. The van der Waals surface area contributed by atoms with Gasteiger partial charge in [-0.3, -0.25) is 5.84 Å². The molecule has 0 aliphatic carbocycles. The fourth-order valence-corrected chi connectivity index (χ4v) is 1.18. The fraction of sp³-hybridized carbons (Fsp3) is 1.00. The zero-order chi connectivity index (χ0) is 7.40. The van der Waals surface area contributed by atoms with Crippen molar-refractivity contribution in [3.05, 3.63) is 0 Å². The van der Waals surface area contributed by atoms with Gasteiger partial charge in [0, 0.05) is 19.7 Å². The van der Waals surface area contributed by atoms with E-state index in [1.54, 1.807) is 5.01 Å². The van der Waals surface area contributed by atoms with E-state index in [0.29, 0.717) is 6.10 Å². The third-order valence-corrected chi connectivity index (χ3v) is 1.87. The molecule has 1 aliphatic heterocycles. The first-order valence-corrected chi connectivity index (χ1v) is 3.94. The second-order valence-corrected chi connectivity index (χ2v) is 2.72. The van der Waals surface area contributed by atoms with Gasteiger partial charge in [0.05, 0.1) is 6.10 Å². The molecule has 10 heavy (non-hydrogen) atoms. The van der Waals surface area contributed by atoms with Crippen molar-refractivity contribution in [3.8, 4) is 0 Å². The summed E-state index contributed by atoms with van der Waals surface area (Å²) >= 11 is 0. The van der Waals surface area contributed by atoms with Gasteiger partial charge >= 0.3 is 0 Å². The van der Waals surface area contributed by atoms with E-state index in [2.05, 4.69) is 6.92 Å². The van der Waals surface area contributed by atoms with Crippen molar-refractivity contribution < 1.29 is 4.74 Å². The van der Waals surface area contributed by atoms with Crippen LogP contribution in [-0.4, -0.2) is 30.8 Å². The molecule has 60 valence electrons. The number of hydrogen-bond donors (Lipinski definition) is 1. The van der Waals surface area contributed by atoms with Crippen LogP contribution in [0.25, 0.3) is 0 Å². The second kappa shape index (κ2) is 3.91. The lowest BCUT2D eigenvalue weighted by Crippen LogP contribution is -2.37. The topological polar surface area (TPSA) is 38.5 Å². The largest absolute Gasteiger partial charge is 0.377 e. The normalized spacial score (nSPS) is 26.1. The van der Waals surface area contributed by atoms with Gasteiger partial charge in [0.25, 0.3) is 0 Å². The van der Waals surface area contributed by atoms with Crippen LogP contribution >= 0.6 is 0 Å². The molecule has 1 unspecified atom stereocenters. The minimum atomic E-state index is 0.393. The summed E-state index contributed by atoms with van der Waals surface area (Å²) < 4.78 is 5.40. The van der Waals surface area contributed by atoms with E-state index in [9.17, 15) is 0 Å². The summed E-state index contributed by atoms with van der Waals surface area (Å²) in [5.41, 5.74) is 0. The molecule has 3 heteroatoms. The first-order valence-electron chi connectivity index (χ1n) is 3.94. The van der Waals surface area contributed by atoms with Gasteiger partial charge in [-0.05, 0) is 12.8 Å². The Morgan fingerprint density at radius 3 is 3.00 bits per heavy atom. The third-order valence-electron chi connectivity index (χ3n) is 1.87. The Morgan fingerprint density at radius 2 is 2.50 bits per heavy atom. The van der Waals surface area contributed by atoms with Crippen LogP contribution in [-0.2, 0) is 4.74 Å². The van der Waals surface area contributed by atoms with Crippen LogP contribution in [0.15, 0.2) is 0 Å². The Morgan fingerprint density at radius 1 is 1.70 bits per heavy atom. The smallest absolute Gasteiger partial charge is 0.0716 e. The number of ether oxygens (including phenoxy) is 1. The number of nitrogens with two attached hydrogens (primary N) is 1. The molecule has 0 bridgehead atoms. The van der Waals surface area contributed by atoms with E-state index in [1.165, 1.54) is 12.8 Å². The molecule has 0 aromatic heterocycles. The molecule has 3 nitrogen and oxygen atoms in total. The molecule has 0 saturated carbocycles. The summed E-state index contributed by atoms with van der Waals surface area (Å²) in [5, 5.41) is 1.80. The lowest BCUT2D eigenvalue weighted by Gasteiger charge is -2.17. The van der Waals surface area contributed by atoms with E-state index in [-0.39, 0.29) is 0 Å². The Bertz CT molecular complexity index is 91.6. The van der Waals surface area contributed by atoms with Gasteiger partial charge in [0.2, 0.25) is 0 Å². The van der Waals surface area contributed by atoms with E-state index < -0.39 is 0 Å².